The van der Waals surface area contributed by atoms with E-state index in [9.17, 15) is 0 Å². The number of hydrogen-bond acceptors (Lipinski definition) is 1. The summed E-state index contributed by atoms with van der Waals surface area (Å²) in [6.07, 6.45) is 14.9. The van der Waals surface area contributed by atoms with Crippen molar-refractivity contribution in [3.8, 4) is 0 Å². The summed E-state index contributed by atoms with van der Waals surface area (Å²) in [6, 6.07) is 27.2. The molecule has 0 saturated heterocycles. The van der Waals surface area contributed by atoms with Crippen molar-refractivity contribution in [1.29, 1.82) is 0 Å². The standard InChI is InChI=1S/C32H27N/c1-4-14-26-22(10-1)20-24-12-3-7-18-30(24)33-31-19-8-6-16-28(31)29-17-9-13-25(32(29)33)21-23-11-2-5-15-27(23)26/h1-4,6-14,16,18-19,29H,5,15,17,20-21H2. The van der Waals surface area contributed by atoms with Crippen molar-refractivity contribution in [2.75, 3.05) is 4.90 Å². The molecule has 0 aromatic heterocycles. The van der Waals surface area contributed by atoms with Gasteiger partial charge in [0.1, 0.15) is 0 Å². The van der Waals surface area contributed by atoms with E-state index in [2.05, 4.69) is 102 Å². The SMILES string of the molecule is C1=CC2=C(CC1)c1ccccc1Cc1ccccc1N1C3=C(C=CCC3c3ccccc31)C2. The van der Waals surface area contributed by atoms with Crippen molar-refractivity contribution in [2.24, 2.45) is 0 Å². The van der Waals surface area contributed by atoms with Crippen LogP contribution in [0.5, 0.6) is 0 Å². The molecular weight excluding hydrogens is 398 g/mol. The largest absolute Gasteiger partial charge is 0.313 e. The molecule has 0 amide bonds. The van der Waals surface area contributed by atoms with Gasteiger partial charge in [-0.15, -0.1) is 0 Å². The predicted molar refractivity (Wildman–Crippen MR) is 138 cm³/mol. The molecule has 1 unspecified atom stereocenters. The highest BCUT2D eigenvalue weighted by atomic mass is 15.2. The van der Waals surface area contributed by atoms with Crippen molar-refractivity contribution in [2.45, 2.75) is 38.0 Å². The Morgan fingerprint density at radius 1 is 0.667 bits per heavy atom. The van der Waals surface area contributed by atoms with E-state index in [4.69, 9.17) is 0 Å². The van der Waals surface area contributed by atoms with Crippen molar-refractivity contribution in [1.82, 2.24) is 0 Å². The average Bonchev–Trinajstić information content (AvgIpc) is 3.20. The molecule has 0 N–H and O–H groups in total. The fraction of sp³-hybridized carbons (Fsp3) is 0.188. The number of hydrogen-bond donors (Lipinski definition) is 0. The molecule has 3 aromatic carbocycles. The van der Waals surface area contributed by atoms with Gasteiger partial charge in [0.15, 0.2) is 0 Å². The Labute approximate surface area is 196 Å². The number of allylic oxidation sites excluding steroid dienone is 8. The normalized spacial score (nSPS) is 20.5. The maximum atomic E-state index is 2.59. The van der Waals surface area contributed by atoms with Crippen LogP contribution in [0.3, 0.4) is 0 Å². The zero-order valence-corrected chi connectivity index (χ0v) is 18.8. The highest BCUT2D eigenvalue weighted by molar-refractivity contribution is 5.83. The Balaban J connectivity index is 1.55. The van der Waals surface area contributed by atoms with Crippen LogP contribution in [-0.4, -0.2) is 0 Å². The Bertz CT molecular complexity index is 1400. The Morgan fingerprint density at radius 3 is 2.36 bits per heavy atom. The molecule has 7 rings (SSSR count). The second-order valence-corrected chi connectivity index (χ2v) is 9.58. The summed E-state index contributed by atoms with van der Waals surface area (Å²) < 4.78 is 0. The number of rotatable bonds is 0. The smallest absolute Gasteiger partial charge is 0.0497 e. The van der Waals surface area contributed by atoms with E-state index in [1.54, 1.807) is 0 Å². The molecule has 4 aliphatic rings. The number of fused-ring (bicyclic) bond motifs is 7. The van der Waals surface area contributed by atoms with Crippen LogP contribution in [0.25, 0.3) is 5.57 Å². The van der Waals surface area contributed by atoms with Gasteiger partial charge in [-0.1, -0.05) is 85.0 Å². The second-order valence-electron chi connectivity index (χ2n) is 9.58. The molecule has 0 bridgehead atoms. The molecule has 33 heavy (non-hydrogen) atoms. The molecule has 0 saturated carbocycles. The third kappa shape index (κ3) is 2.92. The topological polar surface area (TPSA) is 3.24 Å². The van der Waals surface area contributed by atoms with E-state index < -0.39 is 0 Å². The predicted octanol–water partition coefficient (Wildman–Crippen LogP) is 8.23. The van der Waals surface area contributed by atoms with Crippen LogP contribution in [0.4, 0.5) is 11.4 Å². The summed E-state index contributed by atoms with van der Waals surface area (Å²) in [5.74, 6) is 0.439. The minimum atomic E-state index is 0.439. The quantitative estimate of drug-likeness (QED) is 0.350. The summed E-state index contributed by atoms with van der Waals surface area (Å²) in [5.41, 5.74) is 14.4. The Hall–Kier alpha value is -3.58. The first-order chi connectivity index (χ1) is 16.4. The number of benzene rings is 3. The lowest BCUT2D eigenvalue weighted by atomic mass is 9.82. The van der Waals surface area contributed by atoms with Crippen molar-refractivity contribution in [3.63, 3.8) is 0 Å². The molecule has 1 heteroatoms. The molecule has 2 aliphatic heterocycles. The van der Waals surface area contributed by atoms with Crippen molar-refractivity contribution < 1.29 is 0 Å². The molecule has 2 aliphatic carbocycles. The van der Waals surface area contributed by atoms with Gasteiger partial charge in [-0.25, -0.2) is 0 Å². The van der Waals surface area contributed by atoms with Gasteiger partial charge < -0.3 is 4.90 Å². The van der Waals surface area contributed by atoms with Crippen molar-refractivity contribution >= 4 is 16.9 Å². The lowest BCUT2D eigenvalue weighted by Crippen LogP contribution is -2.19. The zero-order chi connectivity index (χ0) is 21.8. The van der Waals surface area contributed by atoms with Crippen LogP contribution < -0.4 is 4.90 Å². The highest BCUT2D eigenvalue weighted by Crippen LogP contribution is 2.54. The average molecular weight is 426 g/mol. The zero-order valence-electron chi connectivity index (χ0n) is 18.8. The monoisotopic (exact) mass is 425 g/mol. The highest BCUT2D eigenvalue weighted by Gasteiger charge is 2.38. The lowest BCUT2D eigenvalue weighted by Gasteiger charge is -2.29. The summed E-state index contributed by atoms with van der Waals surface area (Å²) >= 11 is 0. The van der Waals surface area contributed by atoms with Crippen LogP contribution in [0.1, 0.15) is 53.9 Å². The molecule has 1 atom stereocenters. The first-order valence-electron chi connectivity index (χ1n) is 12.2. The molecule has 160 valence electrons. The van der Waals surface area contributed by atoms with Crippen LogP contribution in [-0.2, 0) is 6.42 Å². The van der Waals surface area contributed by atoms with Gasteiger partial charge in [-0.3, -0.25) is 0 Å². The van der Waals surface area contributed by atoms with Gasteiger partial charge in [0.2, 0.25) is 0 Å². The van der Waals surface area contributed by atoms with Crippen LogP contribution in [0, 0.1) is 0 Å². The van der Waals surface area contributed by atoms with E-state index in [0.717, 1.165) is 32.1 Å². The van der Waals surface area contributed by atoms with Gasteiger partial charge in [-0.05, 0) is 76.8 Å². The summed E-state index contributed by atoms with van der Waals surface area (Å²) in [5, 5.41) is 0. The second kappa shape index (κ2) is 7.49. The number of nitrogens with zero attached hydrogens (tertiary/aromatic N) is 1. The minimum Gasteiger partial charge on any atom is -0.313 e. The minimum absolute atomic E-state index is 0.439. The van der Waals surface area contributed by atoms with Gasteiger partial charge in [0.25, 0.3) is 0 Å². The fourth-order valence-corrected chi connectivity index (χ4v) is 6.31. The molecule has 0 spiro atoms. The van der Waals surface area contributed by atoms with E-state index in [1.165, 1.54) is 56.0 Å². The molecule has 2 heterocycles. The fourth-order valence-electron chi connectivity index (χ4n) is 6.31. The van der Waals surface area contributed by atoms with E-state index in [0.29, 0.717) is 5.92 Å². The van der Waals surface area contributed by atoms with Crippen LogP contribution in [0.2, 0.25) is 0 Å². The Kier molecular flexibility index (Phi) is 4.30. The number of para-hydroxylation sites is 2. The van der Waals surface area contributed by atoms with E-state index >= 15 is 0 Å². The molecule has 1 nitrogen and oxygen atoms in total. The van der Waals surface area contributed by atoms with E-state index in [-0.39, 0.29) is 0 Å². The van der Waals surface area contributed by atoms with Crippen LogP contribution >= 0.6 is 0 Å². The van der Waals surface area contributed by atoms with Gasteiger partial charge in [0.05, 0.1) is 0 Å². The Morgan fingerprint density at radius 2 is 1.42 bits per heavy atom. The van der Waals surface area contributed by atoms with Gasteiger partial charge >= 0.3 is 0 Å². The number of anilines is 2. The lowest BCUT2D eigenvalue weighted by molar-refractivity contribution is 0.796. The maximum absolute atomic E-state index is 2.59. The summed E-state index contributed by atoms with van der Waals surface area (Å²) in [4.78, 5) is 2.59. The van der Waals surface area contributed by atoms with E-state index in [1.807, 2.05) is 0 Å². The summed E-state index contributed by atoms with van der Waals surface area (Å²) in [7, 11) is 0. The third-order valence-corrected chi connectivity index (χ3v) is 7.75. The van der Waals surface area contributed by atoms with Crippen molar-refractivity contribution in [3.05, 3.63) is 136 Å². The first-order valence-corrected chi connectivity index (χ1v) is 12.2. The molecule has 3 aromatic rings. The molecule has 0 fully saturated rings. The summed E-state index contributed by atoms with van der Waals surface area (Å²) in [6.45, 7) is 0. The van der Waals surface area contributed by atoms with Crippen LogP contribution in [0.15, 0.2) is 114 Å². The molecular formula is C32H27N. The first kappa shape index (κ1) is 18.9. The van der Waals surface area contributed by atoms with Gasteiger partial charge in [-0.2, -0.15) is 0 Å². The third-order valence-electron chi connectivity index (χ3n) is 7.75. The molecule has 0 radical (unpaired) electrons. The maximum Gasteiger partial charge on any atom is 0.0497 e. The van der Waals surface area contributed by atoms with Gasteiger partial charge in [0, 0.05) is 29.4 Å².